The first-order valence-corrected chi connectivity index (χ1v) is 5.45. The van der Waals surface area contributed by atoms with Crippen molar-refractivity contribution in [2.75, 3.05) is 0 Å². The highest BCUT2D eigenvalue weighted by Crippen LogP contribution is 2.23. The Morgan fingerprint density at radius 1 is 1.56 bits per heavy atom. The number of nitrogens with zero attached hydrogens (tertiary/aromatic N) is 5. The number of halogens is 2. The average Bonchev–Trinajstić information content (AvgIpc) is 2.75. The van der Waals surface area contributed by atoms with E-state index in [0.717, 1.165) is 11.5 Å². The van der Waals surface area contributed by atoms with Crippen molar-refractivity contribution >= 4 is 40.6 Å². The highest BCUT2D eigenvalue weighted by molar-refractivity contribution is 7.10. The molecule has 0 aliphatic heterocycles. The van der Waals surface area contributed by atoms with Gasteiger partial charge in [-0.2, -0.15) is 4.68 Å². The normalized spacial score (nSPS) is 10.6. The summed E-state index contributed by atoms with van der Waals surface area (Å²) in [5.74, 6) is -0.388. The first-order chi connectivity index (χ1) is 7.58. The fraction of sp³-hybridized carbons (Fsp3) is 0.167. The van der Waals surface area contributed by atoms with E-state index < -0.39 is 4.92 Å². The molecule has 0 aromatic carbocycles. The molecule has 0 saturated carbocycles. The number of rotatable bonds is 3. The van der Waals surface area contributed by atoms with Gasteiger partial charge in [-0.1, -0.05) is 27.7 Å². The first kappa shape index (κ1) is 11.2. The van der Waals surface area contributed by atoms with Crippen LogP contribution in [0.25, 0.3) is 0 Å². The molecule has 0 N–H and O–H groups in total. The molecule has 0 bridgehead atoms. The van der Waals surface area contributed by atoms with Crippen LogP contribution in [0.1, 0.15) is 5.69 Å². The Hall–Kier alpha value is -1.25. The van der Waals surface area contributed by atoms with Gasteiger partial charge in [0.15, 0.2) is 5.02 Å². The van der Waals surface area contributed by atoms with Gasteiger partial charge in [0.2, 0.25) is 0 Å². The van der Waals surface area contributed by atoms with E-state index in [0.29, 0.717) is 10.0 Å². The zero-order chi connectivity index (χ0) is 11.7. The Labute approximate surface area is 103 Å². The summed E-state index contributed by atoms with van der Waals surface area (Å²) >= 11 is 12.5. The number of hydrogen-bond acceptors (Lipinski definition) is 6. The molecule has 7 nitrogen and oxygen atoms in total. The van der Waals surface area contributed by atoms with Gasteiger partial charge in [0.25, 0.3) is 0 Å². The molecule has 0 atom stereocenters. The number of hydrogen-bond donors (Lipinski definition) is 0. The molecule has 0 unspecified atom stereocenters. The SMILES string of the molecule is O=[N+]([O-])c1nn(Cc2nnsc2Cl)cc1Cl. The van der Waals surface area contributed by atoms with Crippen molar-refractivity contribution in [3.63, 3.8) is 0 Å². The lowest BCUT2D eigenvalue weighted by molar-refractivity contribution is -0.389. The lowest BCUT2D eigenvalue weighted by atomic mass is 10.5. The van der Waals surface area contributed by atoms with Crippen molar-refractivity contribution in [3.8, 4) is 0 Å². The second kappa shape index (κ2) is 4.32. The standard InChI is InChI=1S/C6H3Cl2N5O2S/c7-3-1-12(10-6(3)13(14)15)2-4-5(8)16-11-9-4/h1H,2H2. The van der Waals surface area contributed by atoms with E-state index >= 15 is 0 Å². The molecule has 2 aromatic rings. The maximum atomic E-state index is 10.5. The van der Waals surface area contributed by atoms with Gasteiger partial charge >= 0.3 is 5.82 Å². The fourth-order valence-electron chi connectivity index (χ4n) is 1.04. The van der Waals surface area contributed by atoms with Crippen LogP contribution < -0.4 is 0 Å². The van der Waals surface area contributed by atoms with Gasteiger partial charge in [0, 0.05) is 11.5 Å². The number of aromatic nitrogens is 4. The summed E-state index contributed by atoms with van der Waals surface area (Å²) in [6.45, 7) is 0.197. The third-order valence-corrected chi connectivity index (χ3v) is 2.94. The van der Waals surface area contributed by atoms with E-state index in [-0.39, 0.29) is 17.4 Å². The van der Waals surface area contributed by atoms with Crippen LogP contribution in [0.2, 0.25) is 9.36 Å². The lowest BCUT2D eigenvalue weighted by Gasteiger charge is -1.91. The van der Waals surface area contributed by atoms with Gasteiger partial charge < -0.3 is 10.1 Å². The lowest BCUT2D eigenvalue weighted by Crippen LogP contribution is -2.02. The van der Waals surface area contributed by atoms with Crippen LogP contribution in [0, 0.1) is 10.1 Å². The van der Waals surface area contributed by atoms with E-state index in [2.05, 4.69) is 14.7 Å². The molecule has 2 heterocycles. The molecule has 10 heteroatoms. The highest BCUT2D eigenvalue weighted by atomic mass is 35.5. The predicted octanol–water partition coefficient (Wildman–Crippen LogP) is 2.00. The van der Waals surface area contributed by atoms with E-state index in [9.17, 15) is 10.1 Å². The molecule has 16 heavy (non-hydrogen) atoms. The molecular formula is C6H3Cl2N5O2S. The fourth-order valence-corrected chi connectivity index (χ4v) is 1.87. The molecule has 2 aromatic heterocycles. The van der Waals surface area contributed by atoms with Crippen molar-refractivity contribution < 1.29 is 4.92 Å². The molecule has 0 spiro atoms. The Bertz CT molecular complexity index is 539. The summed E-state index contributed by atoms with van der Waals surface area (Å²) in [5.41, 5.74) is 0.501. The number of nitro groups is 1. The minimum absolute atomic E-state index is 0.0238. The molecule has 2 rings (SSSR count). The van der Waals surface area contributed by atoms with Crippen LogP contribution in [0.4, 0.5) is 5.82 Å². The van der Waals surface area contributed by atoms with Gasteiger partial charge in [0.05, 0.1) is 11.3 Å². The summed E-state index contributed by atoms with van der Waals surface area (Å²) in [7, 11) is 0. The van der Waals surface area contributed by atoms with Gasteiger partial charge in [-0.3, -0.25) is 0 Å². The highest BCUT2D eigenvalue weighted by Gasteiger charge is 2.20. The van der Waals surface area contributed by atoms with E-state index in [4.69, 9.17) is 23.2 Å². The maximum absolute atomic E-state index is 10.5. The molecule has 0 saturated heterocycles. The van der Waals surface area contributed by atoms with Crippen LogP contribution in [-0.4, -0.2) is 24.3 Å². The third kappa shape index (κ3) is 2.13. The average molecular weight is 280 g/mol. The van der Waals surface area contributed by atoms with Crippen LogP contribution in [0.5, 0.6) is 0 Å². The summed E-state index contributed by atoms with van der Waals surface area (Å²) in [5, 5.41) is 17.9. The quantitative estimate of drug-likeness (QED) is 0.633. The van der Waals surface area contributed by atoms with Crippen molar-refractivity contribution in [3.05, 3.63) is 31.4 Å². The van der Waals surface area contributed by atoms with Crippen LogP contribution in [-0.2, 0) is 6.54 Å². The molecule has 0 amide bonds. The van der Waals surface area contributed by atoms with Gasteiger partial charge in [0.1, 0.15) is 16.6 Å². The summed E-state index contributed by atoms with van der Waals surface area (Å²) in [6.07, 6.45) is 1.34. The zero-order valence-corrected chi connectivity index (χ0v) is 9.83. The summed E-state index contributed by atoms with van der Waals surface area (Å²) in [6, 6.07) is 0. The summed E-state index contributed by atoms with van der Waals surface area (Å²) < 4.78 is 5.35. The van der Waals surface area contributed by atoms with Crippen molar-refractivity contribution in [2.45, 2.75) is 6.54 Å². The van der Waals surface area contributed by atoms with E-state index in [1.54, 1.807) is 0 Å². The molecule has 0 aliphatic carbocycles. The third-order valence-electron chi connectivity index (χ3n) is 1.69. The minimum atomic E-state index is -0.653. The molecule has 0 radical (unpaired) electrons. The van der Waals surface area contributed by atoms with Crippen LogP contribution in [0.3, 0.4) is 0 Å². The summed E-state index contributed by atoms with van der Waals surface area (Å²) in [4.78, 5) is 9.84. The Morgan fingerprint density at radius 2 is 2.31 bits per heavy atom. The zero-order valence-electron chi connectivity index (χ0n) is 7.50. The molecule has 0 fully saturated rings. The van der Waals surface area contributed by atoms with Gasteiger partial charge in [-0.05, 0) is 4.92 Å². The van der Waals surface area contributed by atoms with Gasteiger partial charge in [-0.25, -0.2) is 0 Å². The Balaban J connectivity index is 2.26. The minimum Gasteiger partial charge on any atom is -0.358 e. The van der Waals surface area contributed by atoms with Crippen LogP contribution >= 0.6 is 34.7 Å². The molecule has 0 aliphatic rings. The van der Waals surface area contributed by atoms with E-state index in [1.807, 2.05) is 0 Å². The monoisotopic (exact) mass is 279 g/mol. The van der Waals surface area contributed by atoms with Gasteiger partial charge in [-0.15, -0.1) is 5.10 Å². The Morgan fingerprint density at radius 3 is 2.81 bits per heavy atom. The van der Waals surface area contributed by atoms with Crippen molar-refractivity contribution in [1.29, 1.82) is 0 Å². The second-order valence-corrected chi connectivity index (χ2v) is 4.51. The van der Waals surface area contributed by atoms with E-state index in [1.165, 1.54) is 10.9 Å². The second-order valence-electron chi connectivity index (χ2n) is 2.75. The largest absolute Gasteiger partial charge is 0.408 e. The van der Waals surface area contributed by atoms with Crippen molar-refractivity contribution in [2.24, 2.45) is 0 Å². The first-order valence-electron chi connectivity index (χ1n) is 3.92. The maximum Gasteiger partial charge on any atom is 0.408 e. The topological polar surface area (TPSA) is 86.7 Å². The van der Waals surface area contributed by atoms with Crippen LogP contribution in [0.15, 0.2) is 6.20 Å². The smallest absolute Gasteiger partial charge is 0.358 e. The molecular weight excluding hydrogens is 277 g/mol. The van der Waals surface area contributed by atoms with Crippen molar-refractivity contribution in [1.82, 2.24) is 19.4 Å². The molecule has 84 valence electrons. The predicted molar refractivity (Wildman–Crippen MR) is 57.9 cm³/mol. The Kier molecular flexibility index (Phi) is 3.03.